The van der Waals surface area contributed by atoms with Crippen molar-refractivity contribution in [3.8, 4) is 0 Å². The summed E-state index contributed by atoms with van der Waals surface area (Å²) in [6.45, 7) is 6.67. The monoisotopic (exact) mass is 264 g/mol. The molecule has 0 saturated carbocycles. The minimum atomic E-state index is -0.430. The standard InChI is InChI=1S/C15H24N2O2/c1-11(2)13-7-5-6-8-14(13)16-15(19)10-17(4)9-12(3)18/h5-8,11-12,18H,9-10H2,1-4H3,(H,16,19). The number of hydrogen-bond acceptors (Lipinski definition) is 3. The second-order valence-electron chi connectivity index (χ2n) is 5.34. The zero-order valence-electron chi connectivity index (χ0n) is 12.2. The Morgan fingerprint density at radius 1 is 1.32 bits per heavy atom. The van der Waals surface area contributed by atoms with Crippen molar-refractivity contribution in [3.63, 3.8) is 0 Å². The van der Waals surface area contributed by atoms with Gasteiger partial charge >= 0.3 is 0 Å². The molecule has 0 aromatic heterocycles. The average Bonchev–Trinajstić information content (AvgIpc) is 2.27. The molecular weight excluding hydrogens is 240 g/mol. The van der Waals surface area contributed by atoms with E-state index in [1.807, 2.05) is 31.3 Å². The number of likely N-dealkylation sites (N-methyl/N-ethyl adjacent to an activating group) is 1. The second kappa shape index (κ2) is 7.26. The molecule has 19 heavy (non-hydrogen) atoms. The van der Waals surface area contributed by atoms with Crippen molar-refractivity contribution in [2.75, 3.05) is 25.5 Å². The largest absolute Gasteiger partial charge is 0.392 e. The number of carbonyl (C=O) groups excluding carboxylic acids is 1. The smallest absolute Gasteiger partial charge is 0.238 e. The molecule has 1 atom stereocenters. The van der Waals surface area contributed by atoms with Crippen molar-refractivity contribution in [3.05, 3.63) is 29.8 Å². The maximum Gasteiger partial charge on any atom is 0.238 e. The van der Waals surface area contributed by atoms with Crippen LogP contribution in [0.1, 0.15) is 32.3 Å². The van der Waals surface area contributed by atoms with Crippen LogP contribution in [0.5, 0.6) is 0 Å². The molecule has 4 nitrogen and oxygen atoms in total. The lowest BCUT2D eigenvalue weighted by molar-refractivity contribution is -0.117. The van der Waals surface area contributed by atoms with Crippen LogP contribution in [0.2, 0.25) is 0 Å². The summed E-state index contributed by atoms with van der Waals surface area (Å²) < 4.78 is 0. The van der Waals surface area contributed by atoms with Crippen LogP contribution in [0.25, 0.3) is 0 Å². The van der Waals surface area contributed by atoms with Crippen LogP contribution in [0.15, 0.2) is 24.3 Å². The number of amides is 1. The van der Waals surface area contributed by atoms with E-state index in [0.717, 1.165) is 11.3 Å². The zero-order chi connectivity index (χ0) is 14.4. The van der Waals surface area contributed by atoms with E-state index in [-0.39, 0.29) is 12.5 Å². The molecule has 1 unspecified atom stereocenters. The molecule has 1 amide bonds. The molecule has 0 aliphatic carbocycles. The fourth-order valence-electron chi connectivity index (χ4n) is 2.06. The second-order valence-corrected chi connectivity index (χ2v) is 5.34. The van der Waals surface area contributed by atoms with Gasteiger partial charge in [-0.05, 0) is 31.5 Å². The van der Waals surface area contributed by atoms with Gasteiger partial charge in [0.25, 0.3) is 0 Å². The van der Waals surface area contributed by atoms with Gasteiger partial charge in [-0.3, -0.25) is 9.69 Å². The number of aliphatic hydroxyl groups is 1. The van der Waals surface area contributed by atoms with Crippen LogP contribution in [-0.4, -0.2) is 42.2 Å². The molecule has 1 rings (SSSR count). The van der Waals surface area contributed by atoms with Crippen LogP contribution in [0.3, 0.4) is 0 Å². The Bertz CT molecular complexity index is 416. The molecule has 0 fully saturated rings. The van der Waals surface area contributed by atoms with Crippen molar-refractivity contribution in [1.82, 2.24) is 4.90 Å². The molecule has 1 aromatic carbocycles. The van der Waals surface area contributed by atoms with Crippen molar-refractivity contribution >= 4 is 11.6 Å². The van der Waals surface area contributed by atoms with Crippen LogP contribution in [0, 0.1) is 0 Å². The number of hydrogen-bond donors (Lipinski definition) is 2. The number of rotatable bonds is 6. The van der Waals surface area contributed by atoms with Gasteiger partial charge < -0.3 is 10.4 Å². The van der Waals surface area contributed by atoms with Crippen LogP contribution < -0.4 is 5.32 Å². The number of nitrogens with zero attached hydrogens (tertiary/aromatic N) is 1. The van der Waals surface area contributed by atoms with E-state index in [9.17, 15) is 9.90 Å². The molecule has 4 heteroatoms. The van der Waals surface area contributed by atoms with Crippen LogP contribution >= 0.6 is 0 Å². The lowest BCUT2D eigenvalue weighted by atomic mass is 10.0. The van der Waals surface area contributed by atoms with Gasteiger partial charge in [-0.2, -0.15) is 0 Å². The van der Waals surface area contributed by atoms with E-state index in [1.54, 1.807) is 11.8 Å². The molecule has 0 spiro atoms. The van der Waals surface area contributed by atoms with Crippen molar-refractivity contribution in [2.45, 2.75) is 32.8 Å². The molecule has 106 valence electrons. The molecule has 0 radical (unpaired) electrons. The van der Waals surface area contributed by atoms with Gasteiger partial charge in [0.15, 0.2) is 0 Å². The van der Waals surface area contributed by atoms with E-state index in [4.69, 9.17) is 0 Å². The van der Waals surface area contributed by atoms with E-state index < -0.39 is 6.10 Å². The van der Waals surface area contributed by atoms with Crippen LogP contribution in [0.4, 0.5) is 5.69 Å². The molecule has 0 aliphatic heterocycles. The van der Waals surface area contributed by atoms with Gasteiger partial charge in [0.1, 0.15) is 0 Å². The normalized spacial score (nSPS) is 12.8. The van der Waals surface area contributed by atoms with Gasteiger partial charge in [0.05, 0.1) is 12.6 Å². The highest BCUT2D eigenvalue weighted by molar-refractivity contribution is 5.93. The predicted octanol–water partition coefficient (Wildman–Crippen LogP) is 2.06. The third kappa shape index (κ3) is 5.41. The fourth-order valence-corrected chi connectivity index (χ4v) is 2.06. The lowest BCUT2D eigenvalue weighted by Crippen LogP contribution is -2.34. The van der Waals surface area contributed by atoms with E-state index in [1.165, 1.54) is 0 Å². The highest BCUT2D eigenvalue weighted by Gasteiger charge is 2.11. The first-order valence-corrected chi connectivity index (χ1v) is 6.65. The third-order valence-corrected chi connectivity index (χ3v) is 2.85. The van der Waals surface area contributed by atoms with Crippen molar-refractivity contribution in [2.24, 2.45) is 0 Å². The van der Waals surface area contributed by atoms with Gasteiger partial charge in [-0.15, -0.1) is 0 Å². The Balaban J connectivity index is 2.62. The quantitative estimate of drug-likeness (QED) is 0.827. The molecule has 1 aromatic rings. The Morgan fingerprint density at radius 2 is 1.95 bits per heavy atom. The summed E-state index contributed by atoms with van der Waals surface area (Å²) in [7, 11) is 1.82. The summed E-state index contributed by atoms with van der Waals surface area (Å²) in [6.07, 6.45) is -0.430. The number of benzene rings is 1. The highest BCUT2D eigenvalue weighted by atomic mass is 16.3. The number of anilines is 1. The number of nitrogens with one attached hydrogen (secondary N) is 1. The Labute approximate surface area is 115 Å². The summed E-state index contributed by atoms with van der Waals surface area (Å²) in [4.78, 5) is 13.7. The minimum absolute atomic E-state index is 0.0590. The maximum atomic E-state index is 11.9. The fraction of sp³-hybridized carbons (Fsp3) is 0.533. The van der Waals surface area contributed by atoms with Crippen molar-refractivity contribution < 1.29 is 9.90 Å². The average molecular weight is 264 g/mol. The molecule has 0 saturated heterocycles. The maximum absolute atomic E-state index is 11.9. The molecule has 2 N–H and O–H groups in total. The zero-order valence-corrected chi connectivity index (χ0v) is 12.2. The molecule has 0 aliphatic rings. The number of para-hydroxylation sites is 1. The Kier molecular flexibility index (Phi) is 5.99. The minimum Gasteiger partial charge on any atom is -0.392 e. The number of aliphatic hydroxyl groups excluding tert-OH is 1. The summed E-state index contributed by atoms with van der Waals surface area (Å²) in [5.41, 5.74) is 2.00. The van der Waals surface area contributed by atoms with Gasteiger partial charge in [0, 0.05) is 12.2 Å². The molecule has 0 bridgehead atoms. The number of carbonyl (C=O) groups is 1. The molecular formula is C15H24N2O2. The third-order valence-electron chi connectivity index (χ3n) is 2.85. The van der Waals surface area contributed by atoms with Gasteiger partial charge in [-0.25, -0.2) is 0 Å². The topological polar surface area (TPSA) is 52.6 Å². The predicted molar refractivity (Wildman–Crippen MR) is 78.3 cm³/mol. The van der Waals surface area contributed by atoms with E-state index in [0.29, 0.717) is 12.5 Å². The summed E-state index contributed by atoms with van der Waals surface area (Å²) in [5.74, 6) is 0.308. The van der Waals surface area contributed by atoms with Crippen molar-refractivity contribution in [1.29, 1.82) is 0 Å². The Morgan fingerprint density at radius 3 is 2.53 bits per heavy atom. The summed E-state index contributed by atoms with van der Waals surface area (Å²) >= 11 is 0. The Hall–Kier alpha value is -1.39. The molecule has 0 heterocycles. The summed E-state index contributed by atoms with van der Waals surface area (Å²) in [5, 5.41) is 12.2. The van der Waals surface area contributed by atoms with Gasteiger partial charge in [0.2, 0.25) is 5.91 Å². The SMILES string of the molecule is CC(O)CN(C)CC(=O)Nc1ccccc1C(C)C. The van der Waals surface area contributed by atoms with Crippen LogP contribution in [-0.2, 0) is 4.79 Å². The lowest BCUT2D eigenvalue weighted by Gasteiger charge is -2.19. The first kappa shape index (κ1) is 15.7. The summed E-state index contributed by atoms with van der Waals surface area (Å²) in [6, 6.07) is 7.84. The highest BCUT2D eigenvalue weighted by Crippen LogP contribution is 2.23. The van der Waals surface area contributed by atoms with Gasteiger partial charge in [-0.1, -0.05) is 32.0 Å². The first-order valence-electron chi connectivity index (χ1n) is 6.65. The van der Waals surface area contributed by atoms with E-state index in [2.05, 4.69) is 19.2 Å². The first-order chi connectivity index (χ1) is 8.90. The van der Waals surface area contributed by atoms with E-state index >= 15 is 0 Å².